The zero-order valence-corrected chi connectivity index (χ0v) is 10.8. The highest BCUT2D eigenvalue weighted by Gasteiger charge is 2.14. The van der Waals surface area contributed by atoms with E-state index in [9.17, 15) is 9.59 Å². The fraction of sp³-hybridized carbons (Fsp3) is 0.308. The molecule has 100 valence electrons. The van der Waals surface area contributed by atoms with Crippen LogP contribution in [0.3, 0.4) is 0 Å². The highest BCUT2D eigenvalue weighted by atomic mass is 16.3. The number of hydrogen-bond donors (Lipinski definition) is 2. The number of aryl methyl sites for hydroxylation is 1. The molecule has 0 fully saturated rings. The van der Waals surface area contributed by atoms with Gasteiger partial charge in [0.2, 0.25) is 0 Å². The lowest BCUT2D eigenvalue weighted by molar-refractivity contribution is 0.0920. The SMILES string of the molecule is Cc1ccc2ncc(C(=O)NC(C)CO)c(=O)n2c1. The van der Waals surface area contributed by atoms with E-state index in [2.05, 4.69) is 10.3 Å². The third kappa shape index (κ3) is 2.63. The van der Waals surface area contributed by atoms with Crippen LogP contribution in [0.15, 0.2) is 29.3 Å². The summed E-state index contributed by atoms with van der Waals surface area (Å²) >= 11 is 0. The summed E-state index contributed by atoms with van der Waals surface area (Å²) in [6, 6.07) is 3.15. The number of rotatable bonds is 3. The van der Waals surface area contributed by atoms with Crippen molar-refractivity contribution >= 4 is 11.6 Å². The van der Waals surface area contributed by atoms with Gasteiger partial charge >= 0.3 is 0 Å². The molecule has 0 radical (unpaired) electrons. The number of carbonyl (C=O) groups excluding carboxylic acids is 1. The number of hydrogen-bond acceptors (Lipinski definition) is 4. The number of aliphatic hydroxyl groups excluding tert-OH is 1. The van der Waals surface area contributed by atoms with Gasteiger partial charge in [-0.1, -0.05) is 6.07 Å². The number of carbonyl (C=O) groups is 1. The van der Waals surface area contributed by atoms with Gasteiger partial charge in [-0.15, -0.1) is 0 Å². The molecule has 2 aromatic rings. The maximum Gasteiger partial charge on any atom is 0.270 e. The first-order valence-corrected chi connectivity index (χ1v) is 5.92. The molecule has 2 N–H and O–H groups in total. The number of nitrogens with zero attached hydrogens (tertiary/aromatic N) is 2. The summed E-state index contributed by atoms with van der Waals surface area (Å²) in [5, 5.41) is 11.4. The Morgan fingerprint density at radius 1 is 1.53 bits per heavy atom. The van der Waals surface area contributed by atoms with Crippen molar-refractivity contribution in [2.75, 3.05) is 6.61 Å². The predicted molar refractivity (Wildman–Crippen MR) is 70.2 cm³/mol. The number of nitrogens with one attached hydrogen (secondary N) is 1. The topological polar surface area (TPSA) is 83.7 Å². The second-order valence-electron chi connectivity index (χ2n) is 4.47. The Labute approximate surface area is 109 Å². The van der Waals surface area contributed by atoms with Gasteiger partial charge in [-0.3, -0.25) is 14.0 Å². The van der Waals surface area contributed by atoms with Crippen molar-refractivity contribution < 1.29 is 9.90 Å². The van der Waals surface area contributed by atoms with Crippen molar-refractivity contribution in [2.24, 2.45) is 0 Å². The summed E-state index contributed by atoms with van der Waals surface area (Å²) < 4.78 is 1.34. The summed E-state index contributed by atoms with van der Waals surface area (Å²) in [5.74, 6) is -0.532. The minimum Gasteiger partial charge on any atom is -0.394 e. The van der Waals surface area contributed by atoms with Crippen molar-refractivity contribution in [1.82, 2.24) is 14.7 Å². The van der Waals surface area contributed by atoms with E-state index in [1.807, 2.05) is 13.0 Å². The van der Waals surface area contributed by atoms with Gasteiger partial charge in [0.25, 0.3) is 11.5 Å². The summed E-state index contributed by atoms with van der Waals surface area (Å²) in [6.45, 7) is 3.31. The van der Waals surface area contributed by atoms with Crippen LogP contribution in [0.5, 0.6) is 0 Å². The molecule has 2 heterocycles. The lowest BCUT2D eigenvalue weighted by Crippen LogP contribution is -2.38. The van der Waals surface area contributed by atoms with E-state index in [0.29, 0.717) is 5.65 Å². The molecule has 0 aliphatic rings. The van der Waals surface area contributed by atoms with E-state index >= 15 is 0 Å². The molecule has 1 amide bonds. The Kier molecular flexibility index (Phi) is 3.62. The molecule has 1 atom stereocenters. The lowest BCUT2D eigenvalue weighted by Gasteiger charge is -2.10. The van der Waals surface area contributed by atoms with Gasteiger partial charge in [-0.2, -0.15) is 0 Å². The Morgan fingerprint density at radius 2 is 2.26 bits per heavy atom. The summed E-state index contributed by atoms with van der Waals surface area (Å²) in [4.78, 5) is 28.2. The number of aromatic nitrogens is 2. The van der Waals surface area contributed by atoms with Gasteiger partial charge in [-0.25, -0.2) is 4.98 Å². The molecule has 2 aromatic heterocycles. The van der Waals surface area contributed by atoms with Crippen LogP contribution < -0.4 is 10.9 Å². The van der Waals surface area contributed by atoms with Gasteiger partial charge in [-0.05, 0) is 25.5 Å². The number of fused-ring (bicyclic) bond motifs is 1. The Hall–Kier alpha value is -2.21. The van der Waals surface area contributed by atoms with Crippen LogP contribution in [-0.2, 0) is 0 Å². The van der Waals surface area contributed by atoms with Crippen LogP contribution in [0.2, 0.25) is 0 Å². The first-order chi connectivity index (χ1) is 9.02. The smallest absolute Gasteiger partial charge is 0.270 e. The van der Waals surface area contributed by atoms with Gasteiger partial charge < -0.3 is 10.4 Å². The van der Waals surface area contributed by atoms with E-state index in [4.69, 9.17) is 5.11 Å². The van der Waals surface area contributed by atoms with Gasteiger partial charge in [0.1, 0.15) is 11.2 Å². The Bertz CT molecular complexity index is 678. The van der Waals surface area contributed by atoms with Crippen molar-refractivity contribution in [3.05, 3.63) is 46.0 Å². The van der Waals surface area contributed by atoms with Crippen molar-refractivity contribution in [2.45, 2.75) is 19.9 Å². The van der Waals surface area contributed by atoms with Crippen LogP contribution in [-0.4, -0.2) is 33.0 Å². The van der Waals surface area contributed by atoms with Crippen molar-refractivity contribution in [3.8, 4) is 0 Å². The molecule has 6 nitrogen and oxygen atoms in total. The average Bonchev–Trinajstić information content (AvgIpc) is 2.39. The minimum atomic E-state index is -0.532. The molecule has 19 heavy (non-hydrogen) atoms. The maximum atomic E-state index is 12.2. The van der Waals surface area contributed by atoms with Crippen LogP contribution in [0, 0.1) is 6.92 Å². The molecular formula is C13H15N3O3. The van der Waals surface area contributed by atoms with Gasteiger partial charge in [0, 0.05) is 18.4 Å². The van der Waals surface area contributed by atoms with E-state index in [0.717, 1.165) is 5.56 Å². The van der Waals surface area contributed by atoms with E-state index in [1.165, 1.54) is 10.6 Å². The predicted octanol–water partition coefficient (Wildman–Crippen LogP) is 0.114. The molecule has 0 aromatic carbocycles. The molecule has 1 unspecified atom stereocenters. The second-order valence-corrected chi connectivity index (χ2v) is 4.47. The van der Waals surface area contributed by atoms with E-state index < -0.39 is 17.5 Å². The molecule has 0 saturated carbocycles. The standard InChI is InChI=1S/C13H15N3O3/c1-8-3-4-11-14-5-10(13(19)16(11)6-8)12(18)15-9(2)7-17/h3-6,9,17H,7H2,1-2H3,(H,15,18). The van der Waals surface area contributed by atoms with Crippen LogP contribution in [0.1, 0.15) is 22.8 Å². The molecule has 0 spiro atoms. The quantitative estimate of drug-likeness (QED) is 0.821. The highest BCUT2D eigenvalue weighted by Crippen LogP contribution is 2.01. The zero-order chi connectivity index (χ0) is 14.0. The fourth-order valence-corrected chi connectivity index (χ4v) is 1.69. The molecule has 0 aliphatic carbocycles. The number of aliphatic hydroxyl groups is 1. The lowest BCUT2D eigenvalue weighted by atomic mass is 10.2. The minimum absolute atomic E-state index is 0.0385. The number of amides is 1. The molecule has 6 heteroatoms. The van der Waals surface area contributed by atoms with E-state index in [-0.39, 0.29) is 12.2 Å². The van der Waals surface area contributed by atoms with E-state index in [1.54, 1.807) is 19.2 Å². The maximum absolute atomic E-state index is 12.2. The van der Waals surface area contributed by atoms with Gasteiger partial charge in [0.05, 0.1) is 6.61 Å². The highest BCUT2D eigenvalue weighted by molar-refractivity contribution is 5.93. The van der Waals surface area contributed by atoms with Crippen LogP contribution >= 0.6 is 0 Å². The van der Waals surface area contributed by atoms with Crippen molar-refractivity contribution in [1.29, 1.82) is 0 Å². The molecule has 2 rings (SSSR count). The van der Waals surface area contributed by atoms with Crippen LogP contribution in [0.25, 0.3) is 5.65 Å². The normalized spacial score (nSPS) is 12.4. The molecule has 0 aliphatic heterocycles. The molecule has 0 bridgehead atoms. The zero-order valence-electron chi connectivity index (χ0n) is 10.8. The monoisotopic (exact) mass is 261 g/mol. The largest absolute Gasteiger partial charge is 0.394 e. The summed E-state index contributed by atoms with van der Waals surface area (Å²) in [6.07, 6.45) is 2.89. The first-order valence-electron chi connectivity index (χ1n) is 5.92. The third-order valence-electron chi connectivity index (χ3n) is 2.75. The first kappa shape index (κ1) is 13.2. The van der Waals surface area contributed by atoms with Crippen LogP contribution in [0.4, 0.5) is 0 Å². The summed E-state index contributed by atoms with van der Waals surface area (Å²) in [7, 11) is 0. The van der Waals surface area contributed by atoms with Gasteiger partial charge in [0.15, 0.2) is 0 Å². The third-order valence-corrected chi connectivity index (χ3v) is 2.75. The second kappa shape index (κ2) is 5.19. The number of pyridine rings is 1. The van der Waals surface area contributed by atoms with Crippen molar-refractivity contribution in [3.63, 3.8) is 0 Å². The Morgan fingerprint density at radius 3 is 2.95 bits per heavy atom. The molecular weight excluding hydrogens is 246 g/mol. The Balaban J connectivity index is 2.48. The average molecular weight is 261 g/mol. The molecule has 0 saturated heterocycles. The summed E-state index contributed by atoms with van der Waals surface area (Å²) in [5.41, 5.74) is 0.930. The fourth-order valence-electron chi connectivity index (χ4n) is 1.69.